The number of benzene rings is 2. The Hall–Kier alpha value is -3.50. The summed E-state index contributed by atoms with van der Waals surface area (Å²) in [5.74, 6) is -1.29. The number of hydrogen-bond donors (Lipinski definition) is 1. The highest BCUT2D eigenvalue weighted by Crippen LogP contribution is 2.32. The van der Waals surface area contributed by atoms with Crippen LogP contribution in [0.4, 0.5) is 5.69 Å². The first kappa shape index (κ1) is 19.8. The predicted molar refractivity (Wildman–Crippen MR) is 118 cm³/mol. The van der Waals surface area contributed by atoms with Gasteiger partial charge in [0, 0.05) is 29.7 Å². The average molecular weight is 438 g/mol. The summed E-state index contributed by atoms with van der Waals surface area (Å²) >= 11 is 6.28. The van der Waals surface area contributed by atoms with Crippen molar-refractivity contribution in [1.82, 2.24) is 15.0 Å². The van der Waals surface area contributed by atoms with Crippen LogP contribution < -0.4 is 5.43 Å². The zero-order valence-corrected chi connectivity index (χ0v) is 17.2. The van der Waals surface area contributed by atoms with E-state index in [-0.39, 0.29) is 15.6 Å². The minimum absolute atomic E-state index is 0.136. The van der Waals surface area contributed by atoms with E-state index in [1.54, 1.807) is 6.08 Å². The number of hydrazine groups is 1. The third-order valence-corrected chi connectivity index (χ3v) is 5.92. The number of nitro benzene ring substituents is 1. The summed E-state index contributed by atoms with van der Waals surface area (Å²) in [5, 5.41) is 13.1. The van der Waals surface area contributed by atoms with Gasteiger partial charge in [0.15, 0.2) is 4.32 Å². The largest absolute Gasteiger partial charge is 0.344 e. The number of rotatable bonds is 4. The molecule has 10 heteroatoms. The van der Waals surface area contributed by atoms with Crippen LogP contribution in [0, 0.1) is 10.1 Å². The Morgan fingerprint density at radius 2 is 1.90 bits per heavy atom. The first-order chi connectivity index (χ1) is 14.4. The van der Waals surface area contributed by atoms with Crippen LogP contribution >= 0.6 is 24.0 Å². The second-order valence-corrected chi connectivity index (χ2v) is 8.10. The number of thioether (sulfide) groups is 1. The summed E-state index contributed by atoms with van der Waals surface area (Å²) < 4.78 is 2.09. The molecule has 1 aliphatic heterocycles. The van der Waals surface area contributed by atoms with E-state index in [0.717, 1.165) is 33.4 Å². The molecule has 0 unspecified atom stereocenters. The van der Waals surface area contributed by atoms with Crippen molar-refractivity contribution in [3.8, 4) is 0 Å². The molecule has 150 valence electrons. The first-order valence-electron chi connectivity index (χ1n) is 8.73. The van der Waals surface area contributed by atoms with Crippen molar-refractivity contribution in [2.45, 2.75) is 0 Å². The highest BCUT2D eigenvalue weighted by atomic mass is 32.2. The van der Waals surface area contributed by atoms with Crippen LogP contribution in [0.1, 0.15) is 16.1 Å². The summed E-state index contributed by atoms with van der Waals surface area (Å²) in [6.45, 7) is 0. The number of para-hydroxylation sites is 2. The lowest BCUT2D eigenvalue weighted by Gasteiger charge is -2.15. The lowest BCUT2D eigenvalue weighted by Crippen LogP contribution is -2.45. The molecule has 4 rings (SSSR count). The minimum atomic E-state index is -0.788. The SMILES string of the molecule is Cn1c(C=C2SC(=S)N(NC(=O)c3ccccc3[N+](=O)[O-])C2=O)cc2ccccc21. The molecule has 0 atom stereocenters. The molecule has 0 saturated carbocycles. The number of fused-ring (bicyclic) bond motifs is 1. The molecule has 0 spiro atoms. The Balaban J connectivity index is 1.60. The molecule has 8 nitrogen and oxygen atoms in total. The quantitative estimate of drug-likeness (QED) is 0.289. The monoisotopic (exact) mass is 438 g/mol. The zero-order chi connectivity index (χ0) is 21.4. The van der Waals surface area contributed by atoms with Crippen LogP contribution in [0.2, 0.25) is 0 Å². The maximum Gasteiger partial charge on any atom is 0.285 e. The fourth-order valence-corrected chi connectivity index (χ4v) is 4.30. The topological polar surface area (TPSA) is 97.5 Å². The zero-order valence-electron chi connectivity index (χ0n) is 15.6. The number of amides is 2. The molecule has 0 bridgehead atoms. The van der Waals surface area contributed by atoms with Crippen LogP contribution in [0.5, 0.6) is 0 Å². The molecule has 2 amide bonds. The van der Waals surface area contributed by atoms with E-state index >= 15 is 0 Å². The normalized spacial score (nSPS) is 15.2. The highest BCUT2D eigenvalue weighted by molar-refractivity contribution is 8.26. The molecular weight excluding hydrogens is 424 g/mol. The number of hydrogen-bond acceptors (Lipinski definition) is 6. The second-order valence-electron chi connectivity index (χ2n) is 6.42. The van der Waals surface area contributed by atoms with Gasteiger partial charge in [0.25, 0.3) is 17.5 Å². The van der Waals surface area contributed by atoms with Crippen molar-refractivity contribution in [2.75, 3.05) is 0 Å². The van der Waals surface area contributed by atoms with E-state index in [4.69, 9.17) is 12.2 Å². The van der Waals surface area contributed by atoms with Gasteiger partial charge >= 0.3 is 0 Å². The number of carbonyl (C=O) groups excluding carboxylic acids is 2. The van der Waals surface area contributed by atoms with Gasteiger partial charge in [-0.15, -0.1) is 0 Å². The summed E-state index contributed by atoms with van der Waals surface area (Å²) in [6.07, 6.45) is 1.70. The van der Waals surface area contributed by atoms with Crippen LogP contribution in [-0.2, 0) is 11.8 Å². The Morgan fingerprint density at radius 3 is 2.63 bits per heavy atom. The van der Waals surface area contributed by atoms with Crippen molar-refractivity contribution in [1.29, 1.82) is 0 Å². The van der Waals surface area contributed by atoms with Crippen molar-refractivity contribution in [3.05, 3.63) is 80.9 Å². The first-order valence-corrected chi connectivity index (χ1v) is 9.96. The smallest absolute Gasteiger partial charge is 0.285 e. The van der Waals surface area contributed by atoms with Crippen molar-refractivity contribution >= 4 is 62.8 Å². The lowest BCUT2D eigenvalue weighted by molar-refractivity contribution is -0.385. The molecule has 1 aromatic heterocycles. The summed E-state index contributed by atoms with van der Waals surface area (Å²) in [6, 6.07) is 15.3. The molecule has 1 aliphatic rings. The minimum Gasteiger partial charge on any atom is -0.344 e. The number of thiocarbonyl (C=S) groups is 1. The van der Waals surface area contributed by atoms with Gasteiger partial charge in [-0.05, 0) is 36.5 Å². The van der Waals surface area contributed by atoms with Crippen molar-refractivity contribution < 1.29 is 14.5 Å². The van der Waals surface area contributed by atoms with Gasteiger partial charge in [-0.3, -0.25) is 25.1 Å². The van der Waals surface area contributed by atoms with Gasteiger partial charge in [0.2, 0.25) is 0 Å². The van der Waals surface area contributed by atoms with Gasteiger partial charge in [-0.25, -0.2) is 0 Å². The third-order valence-electron chi connectivity index (χ3n) is 4.62. The van der Waals surface area contributed by atoms with Gasteiger partial charge < -0.3 is 4.57 Å². The Kier molecular flexibility index (Phi) is 5.10. The average Bonchev–Trinajstić information content (AvgIpc) is 3.19. The Bertz CT molecular complexity index is 1260. The van der Waals surface area contributed by atoms with E-state index < -0.39 is 16.7 Å². The second kappa shape index (κ2) is 7.73. The molecule has 1 saturated heterocycles. The number of nitrogens with zero attached hydrogens (tertiary/aromatic N) is 3. The van der Waals surface area contributed by atoms with Crippen molar-refractivity contribution in [3.63, 3.8) is 0 Å². The fraction of sp³-hybridized carbons (Fsp3) is 0.0500. The van der Waals surface area contributed by atoms with Gasteiger partial charge in [-0.2, -0.15) is 5.01 Å². The molecular formula is C20H14N4O4S2. The number of nitrogens with one attached hydrogen (secondary N) is 1. The number of carbonyl (C=O) groups is 2. The standard InChI is InChI=1S/C20H14N4O4S2/c1-22-13(10-12-6-2-4-8-15(12)22)11-17-19(26)23(20(29)30-17)21-18(25)14-7-3-5-9-16(14)24(27)28/h2-11H,1H3,(H,21,25). The Labute approximate surface area is 180 Å². The van der Waals surface area contributed by atoms with Crippen molar-refractivity contribution in [2.24, 2.45) is 7.05 Å². The van der Waals surface area contributed by atoms with Gasteiger partial charge in [0.1, 0.15) is 5.56 Å². The predicted octanol–water partition coefficient (Wildman–Crippen LogP) is 3.63. The number of nitro groups is 1. The maximum absolute atomic E-state index is 12.8. The third kappa shape index (κ3) is 3.46. The van der Waals surface area contributed by atoms with E-state index in [2.05, 4.69) is 5.43 Å². The lowest BCUT2D eigenvalue weighted by atomic mass is 10.2. The number of aromatic nitrogens is 1. The fourth-order valence-electron chi connectivity index (χ4n) is 3.13. The molecule has 2 aromatic carbocycles. The molecule has 0 radical (unpaired) electrons. The molecule has 30 heavy (non-hydrogen) atoms. The highest BCUT2D eigenvalue weighted by Gasteiger charge is 2.35. The van der Waals surface area contributed by atoms with E-state index in [9.17, 15) is 19.7 Å². The van der Waals surface area contributed by atoms with E-state index in [0.29, 0.717) is 4.91 Å². The molecule has 0 aliphatic carbocycles. The molecule has 1 N–H and O–H groups in total. The summed E-state index contributed by atoms with van der Waals surface area (Å²) in [4.78, 5) is 36.2. The molecule has 2 heterocycles. The van der Waals surface area contributed by atoms with Crippen LogP contribution in [-0.4, -0.2) is 30.6 Å². The summed E-state index contributed by atoms with van der Waals surface area (Å²) in [7, 11) is 1.89. The number of aryl methyl sites for hydroxylation is 1. The van der Waals surface area contributed by atoms with E-state index in [1.165, 1.54) is 24.3 Å². The molecule has 1 fully saturated rings. The maximum atomic E-state index is 12.8. The van der Waals surface area contributed by atoms with E-state index in [1.807, 2.05) is 41.9 Å². The summed E-state index contributed by atoms with van der Waals surface area (Å²) in [5.41, 5.74) is 3.69. The van der Waals surface area contributed by atoms with Gasteiger partial charge in [0.05, 0.1) is 9.83 Å². The van der Waals surface area contributed by atoms with Crippen LogP contribution in [0.25, 0.3) is 17.0 Å². The van der Waals surface area contributed by atoms with Crippen LogP contribution in [0.15, 0.2) is 59.5 Å². The Morgan fingerprint density at radius 1 is 1.20 bits per heavy atom. The van der Waals surface area contributed by atoms with Crippen LogP contribution in [0.3, 0.4) is 0 Å². The van der Waals surface area contributed by atoms with Gasteiger partial charge in [-0.1, -0.05) is 42.1 Å². The molecule has 3 aromatic rings.